The third-order valence-corrected chi connectivity index (χ3v) is 2.51. The molecule has 1 heterocycles. The van der Waals surface area contributed by atoms with E-state index in [1.54, 1.807) is 24.5 Å². The molecule has 0 saturated heterocycles. The van der Waals surface area contributed by atoms with Gasteiger partial charge in [-0.1, -0.05) is 23.2 Å². The quantitative estimate of drug-likeness (QED) is 0.872. The molecule has 1 N–H and O–H groups in total. The van der Waals surface area contributed by atoms with Crippen LogP contribution in [0.4, 0.5) is 11.4 Å². The fourth-order valence-corrected chi connectivity index (χ4v) is 1.40. The Morgan fingerprint density at radius 3 is 2.33 bits per heavy atom. The molecule has 5 heteroatoms. The number of nitrogens with one attached hydrogen (secondary N) is 1. The van der Waals surface area contributed by atoms with Crippen LogP contribution in [0.25, 0.3) is 0 Å². The van der Waals surface area contributed by atoms with Gasteiger partial charge < -0.3 is 5.32 Å². The average molecular weight is 240 g/mol. The Kier molecular flexibility index (Phi) is 3.04. The van der Waals surface area contributed by atoms with Crippen LogP contribution in [0.1, 0.15) is 0 Å². The van der Waals surface area contributed by atoms with Crippen molar-refractivity contribution in [3.63, 3.8) is 0 Å². The van der Waals surface area contributed by atoms with Gasteiger partial charge in [0.2, 0.25) is 0 Å². The Bertz CT molecular complexity index is 459. The third kappa shape index (κ3) is 2.58. The maximum Gasteiger partial charge on any atom is 0.115 e. The molecule has 0 fully saturated rings. The smallest absolute Gasteiger partial charge is 0.115 e. The highest BCUT2D eigenvalue weighted by atomic mass is 35.5. The second kappa shape index (κ2) is 4.47. The maximum atomic E-state index is 5.88. The second-order valence-electron chi connectivity index (χ2n) is 2.88. The molecular weight excluding hydrogens is 233 g/mol. The van der Waals surface area contributed by atoms with Crippen LogP contribution in [0, 0.1) is 0 Å². The van der Waals surface area contributed by atoms with Gasteiger partial charge in [-0.3, -0.25) is 0 Å². The van der Waals surface area contributed by atoms with Gasteiger partial charge in [0.1, 0.15) is 6.33 Å². The predicted octanol–water partition coefficient (Wildman–Crippen LogP) is 3.53. The molecule has 0 spiro atoms. The lowest BCUT2D eigenvalue weighted by Gasteiger charge is -2.05. The standard InChI is InChI=1S/C10H7Cl2N3/c11-9-2-1-7(3-10(9)12)15-8-4-13-6-14-5-8/h1-6,15H. The predicted molar refractivity (Wildman–Crippen MR) is 61.8 cm³/mol. The number of hydrogen-bond acceptors (Lipinski definition) is 3. The molecule has 0 unspecified atom stereocenters. The summed E-state index contributed by atoms with van der Waals surface area (Å²) in [5.41, 5.74) is 1.65. The monoisotopic (exact) mass is 239 g/mol. The molecule has 0 atom stereocenters. The highest BCUT2D eigenvalue weighted by molar-refractivity contribution is 6.42. The largest absolute Gasteiger partial charge is 0.353 e. The molecule has 0 aliphatic heterocycles. The Hall–Kier alpha value is -1.32. The molecule has 2 aromatic rings. The lowest BCUT2D eigenvalue weighted by molar-refractivity contribution is 1.17. The van der Waals surface area contributed by atoms with Gasteiger partial charge in [-0.05, 0) is 18.2 Å². The molecule has 15 heavy (non-hydrogen) atoms. The van der Waals surface area contributed by atoms with Gasteiger partial charge in [0, 0.05) is 5.69 Å². The molecular formula is C10H7Cl2N3. The molecule has 0 bridgehead atoms. The second-order valence-corrected chi connectivity index (χ2v) is 3.70. The number of rotatable bonds is 2. The van der Waals surface area contributed by atoms with Crippen LogP contribution >= 0.6 is 23.2 Å². The Labute approximate surface area is 97.1 Å². The van der Waals surface area contributed by atoms with Crippen molar-refractivity contribution in [1.29, 1.82) is 0 Å². The van der Waals surface area contributed by atoms with Gasteiger partial charge in [-0.25, -0.2) is 9.97 Å². The van der Waals surface area contributed by atoms with Gasteiger partial charge in [-0.15, -0.1) is 0 Å². The molecule has 3 nitrogen and oxygen atoms in total. The van der Waals surface area contributed by atoms with Crippen molar-refractivity contribution in [3.05, 3.63) is 47.0 Å². The van der Waals surface area contributed by atoms with Crippen LogP contribution in [-0.4, -0.2) is 9.97 Å². The summed E-state index contributed by atoms with van der Waals surface area (Å²) in [7, 11) is 0. The summed E-state index contributed by atoms with van der Waals surface area (Å²) in [4.78, 5) is 7.78. The van der Waals surface area contributed by atoms with E-state index in [1.807, 2.05) is 6.07 Å². The highest BCUT2D eigenvalue weighted by Crippen LogP contribution is 2.26. The van der Waals surface area contributed by atoms with Crippen molar-refractivity contribution in [2.24, 2.45) is 0 Å². The third-order valence-electron chi connectivity index (χ3n) is 1.77. The first-order valence-electron chi connectivity index (χ1n) is 4.23. The maximum absolute atomic E-state index is 5.88. The number of hydrogen-bond donors (Lipinski definition) is 1. The molecule has 0 radical (unpaired) electrons. The van der Waals surface area contributed by atoms with Crippen molar-refractivity contribution < 1.29 is 0 Å². The van der Waals surface area contributed by atoms with Crippen molar-refractivity contribution in [2.45, 2.75) is 0 Å². The van der Waals surface area contributed by atoms with Crippen molar-refractivity contribution in [2.75, 3.05) is 5.32 Å². The summed E-state index contributed by atoms with van der Waals surface area (Å²) in [5.74, 6) is 0. The van der Waals surface area contributed by atoms with Crippen LogP contribution in [0.2, 0.25) is 10.0 Å². The lowest BCUT2D eigenvalue weighted by Crippen LogP contribution is -1.91. The summed E-state index contributed by atoms with van der Waals surface area (Å²) in [6.45, 7) is 0. The topological polar surface area (TPSA) is 37.8 Å². The molecule has 0 amide bonds. The summed E-state index contributed by atoms with van der Waals surface area (Å²) >= 11 is 11.7. The van der Waals surface area contributed by atoms with E-state index < -0.39 is 0 Å². The minimum atomic E-state index is 0.513. The van der Waals surface area contributed by atoms with Gasteiger partial charge in [0.25, 0.3) is 0 Å². The summed E-state index contributed by atoms with van der Waals surface area (Å²) in [6.07, 6.45) is 4.82. The van der Waals surface area contributed by atoms with Gasteiger partial charge in [0.15, 0.2) is 0 Å². The summed E-state index contributed by atoms with van der Waals surface area (Å²) in [5, 5.41) is 4.15. The minimum Gasteiger partial charge on any atom is -0.353 e. The Morgan fingerprint density at radius 2 is 1.67 bits per heavy atom. The SMILES string of the molecule is Clc1ccc(Nc2cncnc2)cc1Cl. The molecule has 0 aliphatic carbocycles. The molecule has 2 rings (SSSR count). The fraction of sp³-hybridized carbons (Fsp3) is 0. The van der Waals surface area contributed by atoms with Crippen LogP contribution in [0.15, 0.2) is 36.9 Å². The molecule has 1 aromatic carbocycles. The minimum absolute atomic E-state index is 0.513. The number of halogens is 2. The van der Waals surface area contributed by atoms with Gasteiger partial charge in [0.05, 0.1) is 28.1 Å². The zero-order chi connectivity index (χ0) is 10.7. The van der Waals surface area contributed by atoms with E-state index in [-0.39, 0.29) is 0 Å². The first-order valence-corrected chi connectivity index (χ1v) is 4.98. The van der Waals surface area contributed by atoms with Crippen LogP contribution in [0.5, 0.6) is 0 Å². The number of aromatic nitrogens is 2. The molecule has 76 valence electrons. The zero-order valence-corrected chi connectivity index (χ0v) is 9.13. The van der Waals surface area contributed by atoms with Crippen LogP contribution in [0.3, 0.4) is 0 Å². The van der Waals surface area contributed by atoms with E-state index in [9.17, 15) is 0 Å². The van der Waals surface area contributed by atoms with E-state index in [2.05, 4.69) is 15.3 Å². The Morgan fingerprint density at radius 1 is 0.933 bits per heavy atom. The zero-order valence-electron chi connectivity index (χ0n) is 7.61. The van der Waals surface area contributed by atoms with Crippen molar-refractivity contribution in [3.8, 4) is 0 Å². The molecule has 0 saturated carbocycles. The van der Waals surface area contributed by atoms with Gasteiger partial charge in [-0.2, -0.15) is 0 Å². The summed E-state index contributed by atoms with van der Waals surface area (Å²) in [6, 6.07) is 5.31. The first-order chi connectivity index (χ1) is 7.25. The number of anilines is 2. The molecule has 0 aliphatic rings. The number of nitrogens with zero attached hydrogens (tertiary/aromatic N) is 2. The fourth-order valence-electron chi connectivity index (χ4n) is 1.10. The van der Waals surface area contributed by atoms with E-state index >= 15 is 0 Å². The van der Waals surface area contributed by atoms with Gasteiger partial charge >= 0.3 is 0 Å². The van der Waals surface area contributed by atoms with E-state index in [1.165, 1.54) is 6.33 Å². The number of benzene rings is 1. The Balaban J connectivity index is 2.22. The average Bonchev–Trinajstić information content (AvgIpc) is 2.25. The van der Waals surface area contributed by atoms with Crippen molar-refractivity contribution in [1.82, 2.24) is 9.97 Å². The van der Waals surface area contributed by atoms with Crippen LogP contribution < -0.4 is 5.32 Å². The molecule has 1 aromatic heterocycles. The van der Waals surface area contributed by atoms with E-state index in [0.717, 1.165) is 11.4 Å². The van der Waals surface area contributed by atoms with E-state index in [0.29, 0.717) is 10.0 Å². The van der Waals surface area contributed by atoms with Crippen LogP contribution in [-0.2, 0) is 0 Å². The summed E-state index contributed by atoms with van der Waals surface area (Å²) < 4.78 is 0. The first kappa shape index (κ1) is 10.2. The van der Waals surface area contributed by atoms with E-state index in [4.69, 9.17) is 23.2 Å². The normalized spacial score (nSPS) is 10.0. The van der Waals surface area contributed by atoms with Crippen molar-refractivity contribution >= 4 is 34.6 Å². The lowest BCUT2D eigenvalue weighted by atomic mass is 10.3. The highest BCUT2D eigenvalue weighted by Gasteiger charge is 1.99.